The number of hydrogen-bond acceptors (Lipinski definition) is 5. The van der Waals surface area contributed by atoms with Crippen molar-refractivity contribution in [2.24, 2.45) is 5.92 Å². The molecule has 0 radical (unpaired) electrons. The van der Waals surface area contributed by atoms with Crippen molar-refractivity contribution in [2.75, 3.05) is 18.4 Å². The molecule has 1 aromatic carbocycles. The Balaban J connectivity index is 1.50. The van der Waals surface area contributed by atoms with E-state index in [1.807, 2.05) is 0 Å². The van der Waals surface area contributed by atoms with Gasteiger partial charge >= 0.3 is 0 Å². The van der Waals surface area contributed by atoms with E-state index in [1.165, 1.54) is 11.1 Å². The molecule has 9 nitrogen and oxygen atoms in total. The van der Waals surface area contributed by atoms with Gasteiger partial charge in [-0.2, -0.15) is 0 Å². The van der Waals surface area contributed by atoms with E-state index in [9.17, 15) is 19.2 Å². The predicted octanol–water partition coefficient (Wildman–Crippen LogP) is 0.799. The summed E-state index contributed by atoms with van der Waals surface area (Å²) in [6.45, 7) is 3.63. The molecule has 1 aromatic heterocycles. The van der Waals surface area contributed by atoms with Crippen LogP contribution >= 0.6 is 0 Å². The average Bonchev–Trinajstić information content (AvgIpc) is 3.10. The van der Waals surface area contributed by atoms with Gasteiger partial charge in [-0.05, 0) is 38.1 Å². The monoisotopic (exact) mass is 421 g/mol. The molecule has 4 amide bonds. The van der Waals surface area contributed by atoms with Crippen molar-refractivity contribution in [3.8, 4) is 0 Å². The molecule has 1 unspecified atom stereocenters. The number of para-hydroxylation sites is 1. The molecule has 9 heteroatoms. The van der Waals surface area contributed by atoms with Gasteiger partial charge in [-0.1, -0.05) is 18.2 Å². The van der Waals surface area contributed by atoms with Gasteiger partial charge in [-0.25, -0.2) is 0 Å². The van der Waals surface area contributed by atoms with Crippen LogP contribution in [-0.2, 0) is 9.59 Å². The Bertz CT molecular complexity index is 1060. The van der Waals surface area contributed by atoms with Gasteiger partial charge in [-0.3, -0.25) is 24.2 Å². The fourth-order valence-corrected chi connectivity index (χ4v) is 4.10. The molecule has 4 rings (SSSR count). The van der Waals surface area contributed by atoms with Gasteiger partial charge in [0.2, 0.25) is 11.8 Å². The first-order valence-corrected chi connectivity index (χ1v) is 10.0. The number of anilines is 1. The Labute approximate surface area is 179 Å². The van der Waals surface area contributed by atoms with Crippen LogP contribution in [0.2, 0.25) is 0 Å². The molecule has 2 aliphatic heterocycles. The Kier molecular flexibility index (Phi) is 5.18. The van der Waals surface area contributed by atoms with Crippen LogP contribution in [0.4, 0.5) is 5.69 Å². The molecule has 3 N–H and O–H groups in total. The maximum atomic E-state index is 13.0. The second-order valence-corrected chi connectivity index (χ2v) is 8.09. The first-order chi connectivity index (χ1) is 14.8. The summed E-state index contributed by atoms with van der Waals surface area (Å²) < 4.78 is 0. The number of nitrogens with one attached hydrogen (secondary N) is 3. The highest BCUT2D eigenvalue weighted by Crippen LogP contribution is 2.32. The van der Waals surface area contributed by atoms with Crippen LogP contribution in [0.3, 0.4) is 0 Å². The van der Waals surface area contributed by atoms with Crippen molar-refractivity contribution in [1.82, 2.24) is 20.5 Å². The minimum atomic E-state index is -0.935. The van der Waals surface area contributed by atoms with Gasteiger partial charge in [0.25, 0.3) is 11.8 Å². The zero-order valence-electron chi connectivity index (χ0n) is 17.2. The number of nitrogens with zero attached hydrogens (tertiary/aromatic N) is 2. The van der Waals surface area contributed by atoms with Gasteiger partial charge in [-0.15, -0.1) is 0 Å². The second kappa shape index (κ2) is 7.82. The summed E-state index contributed by atoms with van der Waals surface area (Å²) in [5, 5.41) is 8.40. The van der Waals surface area contributed by atoms with Crippen LogP contribution in [-0.4, -0.2) is 58.2 Å². The number of hydrogen-bond donors (Lipinski definition) is 3. The first-order valence-electron chi connectivity index (χ1n) is 10.0. The van der Waals surface area contributed by atoms with E-state index in [2.05, 4.69) is 20.9 Å². The largest absolute Gasteiger partial charge is 0.344 e. The molecule has 1 saturated heterocycles. The number of benzene rings is 1. The number of aromatic nitrogens is 1. The molecular weight excluding hydrogens is 398 g/mol. The van der Waals surface area contributed by atoms with Crippen LogP contribution in [0, 0.1) is 5.92 Å². The molecule has 2 aliphatic rings. The Morgan fingerprint density at radius 3 is 2.68 bits per heavy atom. The zero-order valence-corrected chi connectivity index (χ0v) is 17.2. The van der Waals surface area contributed by atoms with E-state index in [0.717, 1.165) is 0 Å². The molecule has 2 aromatic rings. The Morgan fingerprint density at radius 2 is 1.94 bits per heavy atom. The van der Waals surface area contributed by atoms with Crippen LogP contribution in [0.5, 0.6) is 0 Å². The summed E-state index contributed by atoms with van der Waals surface area (Å²) in [5.41, 5.74) is 0.0837. The SMILES string of the molecule is CC(NC(=O)c1ccccn1)C(=O)N1C[C@H]2C(=O)Nc3ccccc3C(=O)N[C@@]2(C)C1. The van der Waals surface area contributed by atoms with Gasteiger partial charge < -0.3 is 20.9 Å². The highest BCUT2D eigenvalue weighted by Gasteiger charge is 2.51. The van der Waals surface area contributed by atoms with Crippen LogP contribution < -0.4 is 16.0 Å². The number of likely N-dealkylation sites (tertiary alicyclic amines) is 1. The van der Waals surface area contributed by atoms with Crippen LogP contribution in [0.15, 0.2) is 48.7 Å². The van der Waals surface area contributed by atoms with Gasteiger partial charge in [0, 0.05) is 19.3 Å². The van der Waals surface area contributed by atoms with E-state index in [1.54, 1.807) is 56.3 Å². The lowest BCUT2D eigenvalue weighted by Crippen LogP contribution is -2.56. The lowest BCUT2D eigenvalue weighted by atomic mass is 9.86. The highest BCUT2D eigenvalue weighted by atomic mass is 16.2. The minimum absolute atomic E-state index is 0.132. The third kappa shape index (κ3) is 3.86. The van der Waals surface area contributed by atoms with Gasteiger partial charge in [0.1, 0.15) is 11.7 Å². The topological polar surface area (TPSA) is 120 Å². The van der Waals surface area contributed by atoms with Crippen molar-refractivity contribution in [3.05, 3.63) is 59.9 Å². The maximum absolute atomic E-state index is 13.0. The predicted molar refractivity (Wildman–Crippen MR) is 112 cm³/mol. The summed E-state index contributed by atoms with van der Waals surface area (Å²) in [6.07, 6.45) is 1.50. The smallest absolute Gasteiger partial charge is 0.270 e. The number of pyridine rings is 1. The summed E-state index contributed by atoms with van der Waals surface area (Å²) in [6, 6.07) is 10.9. The Hall–Kier alpha value is -3.75. The van der Waals surface area contributed by atoms with Crippen molar-refractivity contribution in [1.29, 1.82) is 0 Å². The normalized spacial score (nSPS) is 23.4. The quantitative estimate of drug-likeness (QED) is 0.677. The number of rotatable bonds is 3. The highest BCUT2D eigenvalue weighted by molar-refractivity contribution is 6.07. The minimum Gasteiger partial charge on any atom is -0.344 e. The zero-order chi connectivity index (χ0) is 22.2. The number of carbonyl (C=O) groups excluding carboxylic acids is 4. The molecule has 0 saturated carbocycles. The second-order valence-electron chi connectivity index (χ2n) is 8.09. The van der Waals surface area contributed by atoms with E-state index in [0.29, 0.717) is 11.3 Å². The third-order valence-corrected chi connectivity index (χ3v) is 5.76. The standard InChI is InChI=1S/C22H23N5O4/c1-13(24-20(30)17-9-5-6-10-23-17)21(31)27-11-15-19(29)25-16-8-4-3-7-14(16)18(28)26-22(15,2)12-27/h3-10,13,15H,11-12H2,1-2H3,(H,24,30)(H,25,29)(H,26,28)/t13?,15-,22-/m0/s1. The van der Waals surface area contributed by atoms with Crippen molar-refractivity contribution < 1.29 is 19.2 Å². The molecule has 0 aliphatic carbocycles. The maximum Gasteiger partial charge on any atom is 0.270 e. The van der Waals surface area contributed by atoms with E-state index >= 15 is 0 Å². The molecule has 3 atom stereocenters. The molecule has 3 heterocycles. The van der Waals surface area contributed by atoms with E-state index in [-0.39, 0.29) is 36.5 Å². The third-order valence-electron chi connectivity index (χ3n) is 5.76. The first kappa shape index (κ1) is 20.5. The number of carbonyl (C=O) groups is 4. The molecule has 160 valence electrons. The van der Waals surface area contributed by atoms with E-state index < -0.39 is 23.4 Å². The molecular formula is C22H23N5O4. The van der Waals surface area contributed by atoms with Crippen molar-refractivity contribution >= 4 is 29.3 Å². The fourth-order valence-electron chi connectivity index (χ4n) is 4.10. The molecule has 1 fully saturated rings. The lowest BCUT2D eigenvalue weighted by Gasteiger charge is -2.33. The summed E-state index contributed by atoms with van der Waals surface area (Å²) in [4.78, 5) is 56.6. The number of fused-ring (bicyclic) bond motifs is 2. The van der Waals surface area contributed by atoms with Crippen molar-refractivity contribution in [2.45, 2.75) is 25.4 Å². The average molecular weight is 421 g/mol. The van der Waals surface area contributed by atoms with E-state index in [4.69, 9.17) is 0 Å². The number of amides is 4. The van der Waals surface area contributed by atoms with Crippen molar-refractivity contribution in [3.63, 3.8) is 0 Å². The fraction of sp³-hybridized carbons (Fsp3) is 0.318. The molecule has 0 spiro atoms. The Morgan fingerprint density at radius 1 is 1.19 bits per heavy atom. The van der Waals surface area contributed by atoms with Gasteiger partial charge in [0.05, 0.1) is 22.7 Å². The summed E-state index contributed by atoms with van der Waals surface area (Å²) in [5.74, 6) is -2.01. The molecule has 31 heavy (non-hydrogen) atoms. The van der Waals surface area contributed by atoms with Crippen LogP contribution in [0.1, 0.15) is 34.7 Å². The molecule has 0 bridgehead atoms. The lowest BCUT2D eigenvalue weighted by molar-refractivity contribution is -0.132. The van der Waals surface area contributed by atoms with Gasteiger partial charge in [0.15, 0.2) is 0 Å². The van der Waals surface area contributed by atoms with Crippen LogP contribution in [0.25, 0.3) is 0 Å². The summed E-state index contributed by atoms with van der Waals surface area (Å²) >= 11 is 0. The summed E-state index contributed by atoms with van der Waals surface area (Å²) in [7, 11) is 0.